The Labute approximate surface area is 108 Å². The fraction of sp³-hybridized carbons (Fsp3) is 0.400. The number of thioether (sulfide) groups is 1. The number of nitrogens with zero attached hydrogens (tertiary/aromatic N) is 4. The third-order valence-corrected chi connectivity index (χ3v) is 3.34. The lowest BCUT2D eigenvalue weighted by Gasteiger charge is -2.08. The maximum atomic E-state index is 11.9. The summed E-state index contributed by atoms with van der Waals surface area (Å²) in [4.78, 5) is 11.9. The van der Waals surface area contributed by atoms with Gasteiger partial charge in [-0.15, -0.1) is 10.2 Å². The summed E-state index contributed by atoms with van der Waals surface area (Å²) >= 11 is 1.33. The minimum absolute atomic E-state index is 0.167. The lowest BCUT2D eigenvalue weighted by molar-refractivity contribution is -0.115. The molecule has 2 heterocycles. The second-order valence-corrected chi connectivity index (χ2v) is 5.11. The number of rotatable bonds is 4. The van der Waals surface area contributed by atoms with Gasteiger partial charge in [0.1, 0.15) is 6.33 Å². The number of carbonyl (C=O) groups excluding carboxylic acids is 1. The van der Waals surface area contributed by atoms with Crippen molar-refractivity contribution >= 4 is 23.6 Å². The summed E-state index contributed by atoms with van der Waals surface area (Å²) < 4.78 is 6.68. The Morgan fingerprint density at radius 2 is 2.39 bits per heavy atom. The molecule has 2 rings (SSSR count). The van der Waals surface area contributed by atoms with Gasteiger partial charge in [-0.05, 0) is 13.8 Å². The van der Waals surface area contributed by atoms with Gasteiger partial charge >= 0.3 is 0 Å². The molecular weight excluding hydrogens is 254 g/mol. The second kappa shape index (κ2) is 5.21. The first kappa shape index (κ1) is 12.6. The molecule has 8 heteroatoms. The van der Waals surface area contributed by atoms with E-state index in [1.54, 1.807) is 30.8 Å². The van der Waals surface area contributed by atoms with Crippen molar-refractivity contribution in [3.63, 3.8) is 0 Å². The van der Waals surface area contributed by atoms with Crippen LogP contribution in [0.4, 0.5) is 5.88 Å². The highest BCUT2D eigenvalue weighted by Gasteiger charge is 2.18. The van der Waals surface area contributed by atoms with Crippen molar-refractivity contribution in [1.29, 1.82) is 0 Å². The van der Waals surface area contributed by atoms with E-state index in [0.717, 1.165) is 5.69 Å². The van der Waals surface area contributed by atoms with Crippen molar-refractivity contribution < 1.29 is 9.32 Å². The first-order valence-corrected chi connectivity index (χ1v) is 6.19. The summed E-state index contributed by atoms with van der Waals surface area (Å²) in [6.07, 6.45) is 1.59. The van der Waals surface area contributed by atoms with Crippen molar-refractivity contribution in [2.24, 2.45) is 7.05 Å². The summed E-state index contributed by atoms with van der Waals surface area (Å²) in [5.74, 6) is 0.182. The molecule has 0 spiro atoms. The Morgan fingerprint density at radius 1 is 1.61 bits per heavy atom. The van der Waals surface area contributed by atoms with Crippen LogP contribution in [0.1, 0.15) is 12.6 Å². The molecule has 7 nitrogen and oxygen atoms in total. The number of nitrogens with one attached hydrogen (secondary N) is 1. The van der Waals surface area contributed by atoms with Crippen LogP contribution in [0.3, 0.4) is 0 Å². The highest BCUT2D eigenvalue weighted by atomic mass is 32.2. The fourth-order valence-electron chi connectivity index (χ4n) is 1.24. The molecule has 1 unspecified atom stereocenters. The van der Waals surface area contributed by atoms with Crippen molar-refractivity contribution in [1.82, 2.24) is 19.9 Å². The molecule has 2 aromatic rings. The van der Waals surface area contributed by atoms with Crippen LogP contribution in [-0.2, 0) is 11.8 Å². The van der Waals surface area contributed by atoms with E-state index in [1.165, 1.54) is 11.8 Å². The highest BCUT2D eigenvalue weighted by Crippen LogP contribution is 2.21. The molecule has 0 saturated heterocycles. The van der Waals surface area contributed by atoms with E-state index in [0.29, 0.717) is 11.0 Å². The SMILES string of the molecule is Cc1cc(NC(=O)C(C)Sc2nncn2C)on1. The molecule has 2 aromatic heterocycles. The molecule has 1 amide bonds. The van der Waals surface area contributed by atoms with Gasteiger partial charge in [0.15, 0.2) is 5.16 Å². The monoisotopic (exact) mass is 267 g/mol. The molecular formula is C10H13N5O2S. The third kappa shape index (κ3) is 2.89. The lowest BCUT2D eigenvalue weighted by Crippen LogP contribution is -2.22. The third-order valence-electron chi connectivity index (χ3n) is 2.20. The summed E-state index contributed by atoms with van der Waals surface area (Å²) in [6, 6.07) is 1.66. The quantitative estimate of drug-likeness (QED) is 0.838. The molecule has 0 aliphatic heterocycles. The van der Waals surface area contributed by atoms with Crippen LogP contribution in [-0.4, -0.2) is 31.1 Å². The summed E-state index contributed by atoms with van der Waals surface area (Å²) in [6.45, 7) is 3.58. The number of aryl methyl sites for hydroxylation is 2. The van der Waals surface area contributed by atoms with Crippen LogP contribution >= 0.6 is 11.8 Å². The van der Waals surface area contributed by atoms with Crippen LogP contribution in [0.15, 0.2) is 22.1 Å². The molecule has 18 heavy (non-hydrogen) atoms. The van der Waals surface area contributed by atoms with Gasteiger partial charge in [0.05, 0.1) is 10.9 Å². The number of anilines is 1. The fourth-order valence-corrected chi connectivity index (χ4v) is 2.03. The zero-order valence-electron chi connectivity index (χ0n) is 10.2. The smallest absolute Gasteiger partial charge is 0.240 e. The molecule has 0 fully saturated rings. The predicted octanol–water partition coefficient (Wildman–Crippen LogP) is 1.23. The van der Waals surface area contributed by atoms with Gasteiger partial charge in [-0.1, -0.05) is 16.9 Å². The van der Waals surface area contributed by atoms with Gasteiger partial charge in [-0.25, -0.2) is 0 Å². The number of carbonyl (C=O) groups is 1. The average Bonchev–Trinajstić information content (AvgIpc) is 2.89. The first-order chi connectivity index (χ1) is 8.56. The Balaban J connectivity index is 1.95. The zero-order valence-corrected chi connectivity index (χ0v) is 11.1. The molecule has 0 aromatic carbocycles. The van der Waals surface area contributed by atoms with Crippen molar-refractivity contribution in [3.8, 4) is 0 Å². The Hall–Kier alpha value is -1.83. The van der Waals surface area contributed by atoms with E-state index in [4.69, 9.17) is 4.52 Å². The highest BCUT2D eigenvalue weighted by molar-refractivity contribution is 8.00. The Bertz CT molecular complexity index is 550. The maximum absolute atomic E-state index is 11.9. The largest absolute Gasteiger partial charge is 0.338 e. The minimum Gasteiger partial charge on any atom is -0.338 e. The molecule has 1 atom stereocenters. The van der Waals surface area contributed by atoms with Gasteiger partial charge in [0, 0.05) is 13.1 Å². The zero-order chi connectivity index (χ0) is 13.1. The summed E-state index contributed by atoms with van der Waals surface area (Å²) in [7, 11) is 1.83. The van der Waals surface area contributed by atoms with Crippen LogP contribution in [0.25, 0.3) is 0 Å². The van der Waals surface area contributed by atoms with Gasteiger partial charge in [-0.2, -0.15) is 0 Å². The summed E-state index contributed by atoms with van der Waals surface area (Å²) in [5, 5.41) is 14.4. The molecule has 0 radical (unpaired) electrons. The molecule has 0 bridgehead atoms. The molecule has 0 aliphatic carbocycles. The van der Waals surface area contributed by atoms with E-state index in [1.807, 2.05) is 7.05 Å². The lowest BCUT2D eigenvalue weighted by atomic mass is 10.4. The van der Waals surface area contributed by atoms with Crippen molar-refractivity contribution in [2.75, 3.05) is 5.32 Å². The number of hydrogen-bond donors (Lipinski definition) is 1. The average molecular weight is 267 g/mol. The summed E-state index contributed by atoms with van der Waals surface area (Å²) in [5.41, 5.74) is 0.721. The number of aromatic nitrogens is 4. The molecule has 0 saturated carbocycles. The maximum Gasteiger partial charge on any atom is 0.240 e. The van der Waals surface area contributed by atoms with Gasteiger partial charge in [0.2, 0.25) is 11.8 Å². The van der Waals surface area contributed by atoms with E-state index in [9.17, 15) is 4.79 Å². The van der Waals surface area contributed by atoms with Crippen molar-refractivity contribution in [2.45, 2.75) is 24.3 Å². The number of hydrogen-bond acceptors (Lipinski definition) is 6. The number of amides is 1. The van der Waals surface area contributed by atoms with E-state index in [-0.39, 0.29) is 11.2 Å². The van der Waals surface area contributed by atoms with E-state index < -0.39 is 0 Å². The van der Waals surface area contributed by atoms with Crippen LogP contribution in [0.5, 0.6) is 0 Å². The Morgan fingerprint density at radius 3 is 2.94 bits per heavy atom. The Kier molecular flexibility index (Phi) is 3.66. The molecule has 1 N–H and O–H groups in total. The standard InChI is InChI=1S/C10H13N5O2S/c1-6-4-8(17-14-6)12-9(16)7(2)18-10-13-11-5-15(10)3/h4-5,7H,1-3H3,(H,12,16). The minimum atomic E-state index is -0.307. The van der Waals surface area contributed by atoms with Crippen LogP contribution in [0, 0.1) is 6.92 Å². The second-order valence-electron chi connectivity index (χ2n) is 3.81. The van der Waals surface area contributed by atoms with Gasteiger partial charge in [-0.3, -0.25) is 10.1 Å². The molecule has 96 valence electrons. The van der Waals surface area contributed by atoms with Gasteiger partial charge in [0.25, 0.3) is 0 Å². The molecule has 0 aliphatic rings. The first-order valence-electron chi connectivity index (χ1n) is 5.31. The van der Waals surface area contributed by atoms with Crippen LogP contribution in [0.2, 0.25) is 0 Å². The van der Waals surface area contributed by atoms with E-state index >= 15 is 0 Å². The predicted molar refractivity (Wildman–Crippen MR) is 66.2 cm³/mol. The van der Waals surface area contributed by atoms with E-state index in [2.05, 4.69) is 20.7 Å². The van der Waals surface area contributed by atoms with Crippen LogP contribution < -0.4 is 5.32 Å². The topological polar surface area (TPSA) is 85.8 Å². The van der Waals surface area contributed by atoms with Gasteiger partial charge < -0.3 is 9.09 Å². The normalized spacial score (nSPS) is 12.4. The van der Waals surface area contributed by atoms with Crippen molar-refractivity contribution in [3.05, 3.63) is 18.1 Å².